The maximum absolute atomic E-state index is 11.4. The minimum atomic E-state index is -0.194. The summed E-state index contributed by atoms with van der Waals surface area (Å²) in [6, 6.07) is 10.2. The van der Waals surface area contributed by atoms with Crippen LogP contribution in [0.5, 0.6) is 0 Å². The zero-order valence-corrected chi connectivity index (χ0v) is 12.5. The Labute approximate surface area is 124 Å². The van der Waals surface area contributed by atoms with E-state index < -0.39 is 0 Å². The van der Waals surface area contributed by atoms with E-state index in [1.165, 1.54) is 12.7 Å². The highest BCUT2D eigenvalue weighted by molar-refractivity contribution is 8.00. The molecule has 1 aliphatic heterocycles. The van der Waals surface area contributed by atoms with Crippen molar-refractivity contribution in [3.05, 3.63) is 47.5 Å². The van der Waals surface area contributed by atoms with Crippen LogP contribution < -0.4 is 0 Å². The lowest BCUT2D eigenvalue weighted by Gasteiger charge is -2.07. The summed E-state index contributed by atoms with van der Waals surface area (Å²) in [6.45, 7) is 1.43. The fourth-order valence-corrected chi connectivity index (χ4v) is 3.29. The minimum absolute atomic E-state index is 0.194. The van der Waals surface area contributed by atoms with Crippen LogP contribution >= 0.6 is 11.8 Å². The Hall–Kier alpha value is -1.26. The van der Waals surface area contributed by atoms with Gasteiger partial charge in [0.15, 0.2) is 0 Å². The van der Waals surface area contributed by atoms with Crippen molar-refractivity contribution in [2.24, 2.45) is 0 Å². The van der Waals surface area contributed by atoms with E-state index in [0.717, 1.165) is 30.8 Å². The molecule has 0 radical (unpaired) electrons. The van der Waals surface area contributed by atoms with Gasteiger partial charge in [0.2, 0.25) is 0 Å². The van der Waals surface area contributed by atoms with E-state index in [0.29, 0.717) is 11.9 Å². The Morgan fingerprint density at radius 2 is 2.15 bits per heavy atom. The predicted molar refractivity (Wildman–Crippen MR) is 81.7 cm³/mol. The van der Waals surface area contributed by atoms with E-state index in [1.54, 1.807) is 11.8 Å². The molecule has 0 aliphatic carbocycles. The first-order chi connectivity index (χ1) is 9.79. The lowest BCUT2D eigenvalue weighted by molar-refractivity contribution is -0.135. The van der Waals surface area contributed by atoms with Gasteiger partial charge in [0.1, 0.15) is 0 Å². The first-order valence-electron chi connectivity index (χ1n) is 6.82. The lowest BCUT2D eigenvalue weighted by atomic mass is 10.2. The van der Waals surface area contributed by atoms with Crippen molar-refractivity contribution in [2.75, 3.05) is 19.5 Å². The number of ether oxygens (including phenoxy) is 2. The third kappa shape index (κ3) is 4.69. The molecular formula is C16H20O3S. The van der Waals surface area contributed by atoms with Crippen molar-refractivity contribution in [1.82, 2.24) is 0 Å². The summed E-state index contributed by atoms with van der Waals surface area (Å²) >= 11 is 1.80. The normalized spacial score (nSPS) is 17.9. The molecule has 0 saturated heterocycles. The maximum atomic E-state index is 11.4. The fraction of sp³-hybridized carbons (Fsp3) is 0.438. The topological polar surface area (TPSA) is 35.5 Å². The van der Waals surface area contributed by atoms with Gasteiger partial charge < -0.3 is 9.47 Å². The van der Waals surface area contributed by atoms with Gasteiger partial charge in [0.05, 0.1) is 13.7 Å². The van der Waals surface area contributed by atoms with Crippen molar-refractivity contribution in [2.45, 2.75) is 24.7 Å². The summed E-state index contributed by atoms with van der Waals surface area (Å²) in [5.74, 6) is 0.572. The molecule has 4 heteroatoms. The van der Waals surface area contributed by atoms with Crippen molar-refractivity contribution in [3.63, 3.8) is 0 Å². The van der Waals surface area contributed by atoms with E-state index in [-0.39, 0.29) is 5.97 Å². The highest BCUT2D eigenvalue weighted by Crippen LogP contribution is 2.29. The number of carbonyl (C=O) groups is 1. The zero-order valence-electron chi connectivity index (χ0n) is 11.7. The molecule has 0 saturated carbocycles. The third-order valence-electron chi connectivity index (χ3n) is 3.18. The number of esters is 1. The molecule has 1 aromatic carbocycles. The monoisotopic (exact) mass is 292 g/mol. The SMILES string of the molecule is COC(=O)C1=CC(CCCOCc2ccccc2)SC1. The molecule has 0 N–H and O–H groups in total. The van der Waals surface area contributed by atoms with Gasteiger partial charge in [-0.1, -0.05) is 36.4 Å². The van der Waals surface area contributed by atoms with Gasteiger partial charge in [0, 0.05) is 23.2 Å². The van der Waals surface area contributed by atoms with Crippen LogP contribution in [0.4, 0.5) is 0 Å². The largest absolute Gasteiger partial charge is 0.466 e. The van der Waals surface area contributed by atoms with Gasteiger partial charge in [-0.25, -0.2) is 4.79 Å². The van der Waals surface area contributed by atoms with E-state index in [9.17, 15) is 4.79 Å². The Balaban J connectivity index is 1.60. The molecule has 1 heterocycles. The van der Waals surface area contributed by atoms with Crippen LogP contribution in [0.25, 0.3) is 0 Å². The summed E-state index contributed by atoms with van der Waals surface area (Å²) < 4.78 is 10.4. The average Bonchev–Trinajstić information content (AvgIpc) is 2.96. The van der Waals surface area contributed by atoms with Crippen LogP contribution in [-0.2, 0) is 20.9 Å². The first-order valence-corrected chi connectivity index (χ1v) is 7.87. The Morgan fingerprint density at radius 3 is 2.90 bits per heavy atom. The molecule has 0 aromatic heterocycles. The molecule has 1 aliphatic rings. The molecular weight excluding hydrogens is 272 g/mol. The molecule has 0 spiro atoms. The standard InChI is InChI=1S/C16H20O3S/c1-18-16(17)14-10-15(20-12-14)8-5-9-19-11-13-6-3-2-4-7-13/h2-4,6-7,10,15H,5,8-9,11-12H2,1H3. The highest BCUT2D eigenvalue weighted by atomic mass is 32.2. The summed E-state index contributed by atoms with van der Waals surface area (Å²) in [6.07, 6.45) is 4.09. The van der Waals surface area contributed by atoms with Crippen molar-refractivity contribution >= 4 is 17.7 Å². The molecule has 3 nitrogen and oxygen atoms in total. The van der Waals surface area contributed by atoms with Gasteiger partial charge in [-0.2, -0.15) is 0 Å². The van der Waals surface area contributed by atoms with Crippen molar-refractivity contribution in [1.29, 1.82) is 0 Å². The number of thioether (sulfide) groups is 1. The van der Waals surface area contributed by atoms with Gasteiger partial charge in [0.25, 0.3) is 0 Å². The molecule has 0 bridgehead atoms. The average molecular weight is 292 g/mol. The molecule has 108 valence electrons. The molecule has 0 amide bonds. The second kappa shape index (κ2) is 8.12. The first kappa shape index (κ1) is 15.1. The summed E-state index contributed by atoms with van der Waals surface area (Å²) in [4.78, 5) is 11.4. The van der Waals surface area contributed by atoms with Crippen molar-refractivity contribution < 1.29 is 14.3 Å². The lowest BCUT2D eigenvalue weighted by Crippen LogP contribution is -2.04. The molecule has 2 rings (SSSR count). The molecule has 1 atom stereocenters. The van der Waals surface area contributed by atoms with Crippen molar-refractivity contribution in [3.8, 4) is 0 Å². The second-order valence-corrected chi connectivity index (χ2v) is 5.94. The number of rotatable bonds is 7. The maximum Gasteiger partial charge on any atom is 0.334 e. The molecule has 1 aromatic rings. The Morgan fingerprint density at radius 1 is 1.35 bits per heavy atom. The summed E-state index contributed by atoms with van der Waals surface area (Å²) in [7, 11) is 1.43. The Kier molecular flexibility index (Phi) is 6.15. The zero-order chi connectivity index (χ0) is 14.2. The highest BCUT2D eigenvalue weighted by Gasteiger charge is 2.21. The third-order valence-corrected chi connectivity index (χ3v) is 4.45. The van der Waals surface area contributed by atoms with Crippen LogP contribution in [0.15, 0.2) is 42.0 Å². The van der Waals surface area contributed by atoms with E-state index in [2.05, 4.69) is 12.1 Å². The van der Waals surface area contributed by atoms with Crippen LogP contribution in [0.2, 0.25) is 0 Å². The smallest absolute Gasteiger partial charge is 0.334 e. The molecule has 1 unspecified atom stereocenters. The van der Waals surface area contributed by atoms with E-state index in [4.69, 9.17) is 9.47 Å². The van der Waals surface area contributed by atoms with Gasteiger partial charge in [-0.3, -0.25) is 0 Å². The van der Waals surface area contributed by atoms with Gasteiger partial charge in [-0.05, 0) is 18.4 Å². The predicted octanol–water partition coefficient (Wildman–Crippen LogP) is 3.20. The van der Waals surface area contributed by atoms with Gasteiger partial charge in [-0.15, -0.1) is 11.8 Å². The van der Waals surface area contributed by atoms with Crippen LogP contribution in [0, 0.1) is 0 Å². The van der Waals surface area contributed by atoms with Gasteiger partial charge >= 0.3 is 5.97 Å². The van der Waals surface area contributed by atoms with Crippen LogP contribution in [0.3, 0.4) is 0 Å². The van der Waals surface area contributed by atoms with E-state index >= 15 is 0 Å². The minimum Gasteiger partial charge on any atom is -0.466 e. The molecule has 0 fully saturated rings. The number of methoxy groups -OCH3 is 1. The van der Waals surface area contributed by atoms with Crippen LogP contribution in [0.1, 0.15) is 18.4 Å². The molecule has 20 heavy (non-hydrogen) atoms. The number of hydrogen-bond donors (Lipinski definition) is 0. The van der Waals surface area contributed by atoms with E-state index in [1.807, 2.05) is 24.3 Å². The summed E-state index contributed by atoms with van der Waals surface area (Å²) in [5, 5.41) is 0.421. The quantitative estimate of drug-likeness (QED) is 0.571. The Bertz CT molecular complexity index is 456. The second-order valence-electron chi connectivity index (χ2n) is 4.71. The number of hydrogen-bond acceptors (Lipinski definition) is 4. The number of benzene rings is 1. The summed E-state index contributed by atoms with van der Waals surface area (Å²) in [5.41, 5.74) is 2.00. The number of carbonyl (C=O) groups excluding carboxylic acids is 1. The fourth-order valence-electron chi connectivity index (χ4n) is 2.09. The van der Waals surface area contributed by atoms with Crippen LogP contribution in [-0.4, -0.2) is 30.7 Å².